The first-order valence-corrected chi connectivity index (χ1v) is 12.7. The number of hydrogen-bond acceptors (Lipinski definition) is 8. The molecule has 0 aliphatic rings. The minimum absolute atomic E-state index is 0.0818. The van der Waals surface area contributed by atoms with E-state index in [4.69, 9.17) is 18.6 Å². The van der Waals surface area contributed by atoms with Crippen LogP contribution in [0.15, 0.2) is 83.3 Å². The van der Waals surface area contributed by atoms with Crippen LogP contribution in [0.25, 0.3) is 11.5 Å². The summed E-state index contributed by atoms with van der Waals surface area (Å²) in [5.74, 6) is 0.680. The highest BCUT2D eigenvalue weighted by Crippen LogP contribution is 2.26. The van der Waals surface area contributed by atoms with Crippen molar-refractivity contribution in [2.75, 3.05) is 0 Å². The van der Waals surface area contributed by atoms with Crippen molar-refractivity contribution in [3.05, 3.63) is 96.1 Å². The molecule has 1 atom stereocenters. The van der Waals surface area contributed by atoms with E-state index in [9.17, 15) is 14.0 Å². The zero-order chi connectivity index (χ0) is 28.5. The van der Waals surface area contributed by atoms with Crippen molar-refractivity contribution in [1.82, 2.24) is 15.5 Å². The van der Waals surface area contributed by atoms with E-state index < -0.39 is 23.7 Å². The normalized spacial score (nSPS) is 11.9. The number of halogens is 1. The summed E-state index contributed by atoms with van der Waals surface area (Å²) in [4.78, 5) is 25.0. The molecule has 1 amide bonds. The number of alkyl carbamates (subject to hydrolysis) is 1. The highest BCUT2D eigenvalue weighted by Gasteiger charge is 2.24. The van der Waals surface area contributed by atoms with Gasteiger partial charge in [-0.2, -0.15) is 0 Å². The van der Waals surface area contributed by atoms with Gasteiger partial charge in [0.1, 0.15) is 29.5 Å². The van der Waals surface area contributed by atoms with Gasteiger partial charge in [-0.1, -0.05) is 30.3 Å². The van der Waals surface area contributed by atoms with Gasteiger partial charge in [-0.15, -0.1) is 10.2 Å². The molecule has 0 saturated carbocycles. The quantitative estimate of drug-likeness (QED) is 0.232. The van der Waals surface area contributed by atoms with E-state index in [0.717, 1.165) is 5.56 Å². The molecule has 0 fully saturated rings. The summed E-state index contributed by atoms with van der Waals surface area (Å²) in [7, 11) is 0. The highest BCUT2D eigenvalue weighted by molar-refractivity contribution is 5.73. The van der Waals surface area contributed by atoms with Gasteiger partial charge < -0.3 is 23.9 Å². The van der Waals surface area contributed by atoms with Crippen LogP contribution < -0.4 is 10.1 Å². The SMILES string of the molecule is CC(C)(C)OC(=O)NC(CC(=O)OCc1ccccc1)Cc1nnc(-c2ccc(Oc3ccc(F)cc3)cc2)o1. The number of aromatic nitrogens is 2. The van der Waals surface area contributed by atoms with Crippen LogP contribution >= 0.6 is 0 Å². The Balaban J connectivity index is 1.40. The van der Waals surface area contributed by atoms with E-state index in [1.54, 1.807) is 45.0 Å². The minimum atomic E-state index is -0.716. The molecule has 10 heteroatoms. The fraction of sp³-hybridized carbons (Fsp3) is 0.267. The second kappa shape index (κ2) is 12.9. The molecule has 0 aliphatic carbocycles. The molecule has 3 aromatic carbocycles. The molecule has 4 aromatic rings. The lowest BCUT2D eigenvalue weighted by molar-refractivity contribution is -0.145. The number of nitrogens with one attached hydrogen (secondary N) is 1. The van der Waals surface area contributed by atoms with Crippen molar-refractivity contribution >= 4 is 12.1 Å². The van der Waals surface area contributed by atoms with Gasteiger partial charge in [-0.25, -0.2) is 9.18 Å². The average molecular weight is 548 g/mol. The number of carbonyl (C=O) groups excluding carboxylic acids is 2. The Hall–Kier alpha value is -4.73. The predicted molar refractivity (Wildman–Crippen MR) is 144 cm³/mol. The zero-order valence-corrected chi connectivity index (χ0v) is 22.4. The van der Waals surface area contributed by atoms with Crippen molar-refractivity contribution in [2.24, 2.45) is 0 Å². The maximum Gasteiger partial charge on any atom is 0.407 e. The summed E-state index contributed by atoms with van der Waals surface area (Å²) in [6, 6.07) is 21.2. The monoisotopic (exact) mass is 547 g/mol. The maximum atomic E-state index is 13.1. The van der Waals surface area contributed by atoms with Gasteiger partial charge >= 0.3 is 12.1 Å². The van der Waals surface area contributed by atoms with Crippen LogP contribution in [0.5, 0.6) is 11.5 Å². The summed E-state index contributed by atoms with van der Waals surface area (Å²) >= 11 is 0. The molecule has 208 valence electrons. The number of rotatable bonds is 10. The minimum Gasteiger partial charge on any atom is -0.461 e. The second-order valence-corrected chi connectivity index (χ2v) is 9.98. The number of hydrogen-bond donors (Lipinski definition) is 1. The lowest BCUT2D eigenvalue weighted by atomic mass is 10.1. The average Bonchev–Trinajstić information content (AvgIpc) is 3.37. The Morgan fingerprint density at radius 2 is 1.57 bits per heavy atom. The number of carbonyl (C=O) groups is 2. The molecule has 1 N–H and O–H groups in total. The van der Waals surface area contributed by atoms with Gasteiger partial charge in [0, 0.05) is 12.0 Å². The number of nitrogens with zero attached hydrogens (tertiary/aromatic N) is 2. The van der Waals surface area contributed by atoms with E-state index in [2.05, 4.69) is 15.5 Å². The van der Waals surface area contributed by atoms with Crippen molar-refractivity contribution in [3.8, 4) is 23.0 Å². The molecule has 40 heavy (non-hydrogen) atoms. The largest absolute Gasteiger partial charge is 0.461 e. The second-order valence-electron chi connectivity index (χ2n) is 9.98. The van der Waals surface area contributed by atoms with Crippen LogP contribution in [-0.4, -0.2) is 33.9 Å². The Labute approximate surface area is 231 Å². The first kappa shape index (κ1) is 28.3. The van der Waals surface area contributed by atoms with Crippen LogP contribution in [0.2, 0.25) is 0 Å². The van der Waals surface area contributed by atoms with Gasteiger partial charge in [0.2, 0.25) is 11.8 Å². The number of esters is 1. The fourth-order valence-electron chi connectivity index (χ4n) is 3.61. The Kier molecular flexibility index (Phi) is 9.11. The maximum absolute atomic E-state index is 13.1. The first-order valence-electron chi connectivity index (χ1n) is 12.7. The molecule has 0 radical (unpaired) electrons. The van der Waals surface area contributed by atoms with E-state index in [1.165, 1.54) is 24.3 Å². The summed E-state index contributed by atoms with van der Waals surface area (Å²) in [6.07, 6.45) is -0.720. The van der Waals surface area contributed by atoms with Crippen LogP contribution in [0.1, 0.15) is 38.6 Å². The third kappa shape index (κ3) is 8.93. The van der Waals surface area contributed by atoms with Crippen LogP contribution in [0.3, 0.4) is 0 Å². The third-order valence-corrected chi connectivity index (χ3v) is 5.42. The molecule has 1 aromatic heterocycles. The number of amides is 1. The van der Waals surface area contributed by atoms with Crippen molar-refractivity contribution in [1.29, 1.82) is 0 Å². The highest BCUT2D eigenvalue weighted by atomic mass is 19.1. The van der Waals surface area contributed by atoms with E-state index in [-0.39, 0.29) is 37.0 Å². The zero-order valence-electron chi connectivity index (χ0n) is 22.4. The van der Waals surface area contributed by atoms with Crippen molar-refractivity contribution in [2.45, 2.75) is 51.9 Å². The fourth-order valence-corrected chi connectivity index (χ4v) is 3.61. The number of ether oxygens (including phenoxy) is 3. The Bertz CT molecular complexity index is 1400. The first-order chi connectivity index (χ1) is 19.1. The van der Waals surface area contributed by atoms with E-state index >= 15 is 0 Å². The summed E-state index contributed by atoms with van der Waals surface area (Å²) in [5.41, 5.74) is 0.777. The molecule has 0 spiro atoms. The topological polar surface area (TPSA) is 113 Å². The Morgan fingerprint density at radius 1 is 0.925 bits per heavy atom. The van der Waals surface area contributed by atoms with Crippen molar-refractivity contribution < 1.29 is 32.6 Å². The van der Waals surface area contributed by atoms with E-state index in [0.29, 0.717) is 17.1 Å². The van der Waals surface area contributed by atoms with E-state index in [1.807, 2.05) is 30.3 Å². The molecule has 0 aliphatic heterocycles. The lowest BCUT2D eigenvalue weighted by Crippen LogP contribution is -2.41. The summed E-state index contributed by atoms with van der Waals surface area (Å²) in [5, 5.41) is 10.9. The summed E-state index contributed by atoms with van der Waals surface area (Å²) in [6.45, 7) is 5.35. The van der Waals surface area contributed by atoms with Crippen LogP contribution in [0, 0.1) is 5.82 Å². The molecule has 1 unspecified atom stereocenters. The van der Waals surface area contributed by atoms with Gasteiger partial charge in [-0.3, -0.25) is 4.79 Å². The molecule has 0 saturated heterocycles. The van der Waals surface area contributed by atoms with Crippen molar-refractivity contribution in [3.63, 3.8) is 0 Å². The van der Waals surface area contributed by atoms with Gasteiger partial charge in [0.15, 0.2) is 0 Å². The van der Waals surface area contributed by atoms with Gasteiger partial charge in [0.05, 0.1) is 12.5 Å². The van der Waals surface area contributed by atoms with Crippen LogP contribution in [0.4, 0.5) is 9.18 Å². The lowest BCUT2D eigenvalue weighted by Gasteiger charge is -2.22. The number of benzene rings is 3. The molecule has 0 bridgehead atoms. The van der Waals surface area contributed by atoms with Gasteiger partial charge in [-0.05, 0) is 74.9 Å². The molecule has 4 rings (SSSR count). The molecular formula is C30H30FN3O6. The third-order valence-electron chi connectivity index (χ3n) is 5.42. The predicted octanol–water partition coefficient (Wildman–Crippen LogP) is 6.24. The Morgan fingerprint density at radius 3 is 2.23 bits per heavy atom. The van der Waals surface area contributed by atoms with Gasteiger partial charge in [0.25, 0.3) is 0 Å². The molecular weight excluding hydrogens is 517 g/mol. The smallest absolute Gasteiger partial charge is 0.407 e. The standard InChI is InChI=1S/C30H30FN3O6/c1-30(2,3)40-29(36)32-23(18-27(35)37-19-20-7-5-4-6-8-20)17-26-33-34-28(39-26)21-9-13-24(14-10-21)38-25-15-11-22(31)12-16-25/h4-16,23H,17-19H2,1-3H3,(H,32,36). The van der Waals surface area contributed by atoms with Crippen LogP contribution in [-0.2, 0) is 27.3 Å². The molecule has 9 nitrogen and oxygen atoms in total. The molecule has 1 heterocycles. The summed E-state index contributed by atoms with van der Waals surface area (Å²) < 4.78 is 35.4.